The summed E-state index contributed by atoms with van der Waals surface area (Å²) in [6.45, 7) is 1.84. The lowest BCUT2D eigenvalue weighted by Crippen LogP contribution is -2.44. The molecule has 0 bridgehead atoms. The summed E-state index contributed by atoms with van der Waals surface area (Å²) >= 11 is 0. The molecule has 1 aliphatic carbocycles. The fourth-order valence-electron chi connectivity index (χ4n) is 3.24. The number of rotatable bonds is 7. The van der Waals surface area contributed by atoms with Crippen LogP contribution < -0.4 is 14.9 Å². The van der Waals surface area contributed by atoms with Gasteiger partial charge in [0.05, 0.1) is 12.3 Å². The Morgan fingerprint density at radius 2 is 2.04 bits per heavy atom. The largest absolute Gasteiger partial charge is 0.356 e. The van der Waals surface area contributed by atoms with Crippen LogP contribution in [0.15, 0.2) is 18.3 Å². The second-order valence-corrected chi connectivity index (χ2v) is 8.50. The topological polar surface area (TPSA) is 91.4 Å². The Morgan fingerprint density at radius 1 is 1.36 bits per heavy atom. The smallest absolute Gasteiger partial charge is 0.238 e. The highest BCUT2D eigenvalue weighted by Crippen LogP contribution is 2.26. The van der Waals surface area contributed by atoms with E-state index >= 15 is 0 Å². The molecule has 0 aliphatic heterocycles. The van der Waals surface area contributed by atoms with Gasteiger partial charge in [-0.1, -0.05) is 25.3 Å². The second-order valence-electron chi connectivity index (χ2n) is 6.72. The molecule has 1 saturated carbocycles. The van der Waals surface area contributed by atoms with Crippen LogP contribution in [0.2, 0.25) is 0 Å². The Labute approximate surface area is 150 Å². The summed E-state index contributed by atoms with van der Waals surface area (Å²) in [5.74, 6) is 0.513. The molecular formula is C17H28N4O3S. The number of nitrogens with one attached hydrogen (secondary N) is 2. The van der Waals surface area contributed by atoms with E-state index in [1.54, 1.807) is 6.20 Å². The van der Waals surface area contributed by atoms with Crippen molar-refractivity contribution < 1.29 is 13.2 Å². The van der Waals surface area contributed by atoms with E-state index in [0.29, 0.717) is 12.6 Å². The van der Waals surface area contributed by atoms with Crippen LogP contribution in [0.4, 0.5) is 5.82 Å². The van der Waals surface area contributed by atoms with E-state index in [1.165, 1.54) is 26.2 Å². The van der Waals surface area contributed by atoms with Crippen LogP contribution in [0.5, 0.6) is 0 Å². The first-order chi connectivity index (χ1) is 11.8. The van der Waals surface area contributed by atoms with Crippen molar-refractivity contribution in [3.63, 3.8) is 0 Å². The first-order valence-electron chi connectivity index (χ1n) is 8.69. The predicted octanol–water partition coefficient (Wildman–Crippen LogP) is 1.40. The van der Waals surface area contributed by atoms with Crippen LogP contribution in [-0.4, -0.2) is 44.7 Å². The van der Waals surface area contributed by atoms with Crippen molar-refractivity contribution in [1.82, 2.24) is 15.0 Å². The van der Waals surface area contributed by atoms with Gasteiger partial charge in [0.25, 0.3) is 0 Å². The third kappa shape index (κ3) is 5.97. The van der Waals surface area contributed by atoms with E-state index < -0.39 is 16.1 Å². The number of aromatic nitrogens is 1. The molecule has 25 heavy (non-hydrogen) atoms. The van der Waals surface area contributed by atoms with Crippen molar-refractivity contribution in [3.05, 3.63) is 23.9 Å². The molecule has 1 atom stereocenters. The van der Waals surface area contributed by atoms with E-state index in [-0.39, 0.29) is 5.91 Å². The highest BCUT2D eigenvalue weighted by atomic mass is 32.2. The van der Waals surface area contributed by atoms with Crippen LogP contribution in [-0.2, 0) is 21.4 Å². The molecule has 0 aromatic carbocycles. The number of hydrogen-bond acceptors (Lipinski definition) is 5. The van der Waals surface area contributed by atoms with Crippen molar-refractivity contribution in [3.8, 4) is 0 Å². The SMILES string of the molecule is CC(NS(C)(=O)=O)C(=O)NCc1cccnc1N(C)C1CCCCC1. The minimum absolute atomic E-state index is 0.314. The number of nitrogens with zero attached hydrogens (tertiary/aromatic N) is 2. The van der Waals surface area contributed by atoms with E-state index in [9.17, 15) is 13.2 Å². The standard InChI is InChI=1S/C17H28N4O3S/c1-13(20-25(3,23)24)17(22)19-12-14-8-7-11-18-16(14)21(2)15-9-5-4-6-10-15/h7-8,11,13,15,20H,4-6,9-10,12H2,1-3H3,(H,19,22). The number of sulfonamides is 1. The van der Waals surface area contributed by atoms with Gasteiger partial charge in [-0.15, -0.1) is 0 Å². The molecule has 7 nitrogen and oxygen atoms in total. The van der Waals surface area contributed by atoms with Gasteiger partial charge in [0.15, 0.2) is 0 Å². The van der Waals surface area contributed by atoms with Crippen LogP contribution in [0.25, 0.3) is 0 Å². The van der Waals surface area contributed by atoms with Gasteiger partial charge in [-0.3, -0.25) is 4.79 Å². The minimum atomic E-state index is -3.42. The van der Waals surface area contributed by atoms with Crippen molar-refractivity contribution in [2.24, 2.45) is 0 Å². The number of anilines is 1. The molecule has 0 saturated heterocycles. The van der Waals surface area contributed by atoms with Gasteiger partial charge in [0.1, 0.15) is 5.82 Å². The average Bonchev–Trinajstić information content (AvgIpc) is 2.58. The van der Waals surface area contributed by atoms with Gasteiger partial charge in [0.2, 0.25) is 15.9 Å². The molecule has 0 radical (unpaired) electrons. The van der Waals surface area contributed by atoms with Crippen LogP contribution >= 0.6 is 0 Å². The van der Waals surface area contributed by atoms with E-state index in [4.69, 9.17) is 0 Å². The fraction of sp³-hybridized carbons (Fsp3) is 0.647. The molecule has 1 aromatic heterocycles. The van der Waals surface area contributed by atoms with Gasteiger partial charge < -0.3 is 10.2 Å². The zero-order valence-electron chi connectivity index (χ0n) is 15.2. The summed E-state index contributed by atoms with van der Waals surface area (Å²) in [6, 6.07) is 3.45. The third-order valence-electron chi connectivity index (χ3n) is 4.56. The van der Waals surface area contributed by atoms with E-state index in [0.717, 1.165) is 30.5 Å². The molecule has 1 aromatic rings. The Hall–Kier alpha value is -1.67. The minimum Gasteiger partial charge on any atom is -0.356 e. The first-order valence-corrected chi connectivity index (χ1v) is 10.6. The molecule has 1 amide bonds. The zero-order chi connectivity index (χ0) is 18.4. The second kappa shape index (κ2) is 8.62. The van der Waals surface area contributed by atoms with Gasteiger partial charge in [-0.05, 0) is 25.8 Å². The lowest BCUT2D eigenvalue weighted by molar-refractivity contribution is -0.122. The first kappa shape index (κ1) is 19.7. The lowest BCUT2D eigenvalue weighted by atomic mass is 9.94. The van der Waals surface area contributed by atoms with Gasteiger partial charge in [0, 0.05) is 31.4 Å². The number of carbonyl (C=O) groups excluding carboxylic acids is 1. The average molecular weight is 369 g/mol. The predicted molar refractivity (Wildman–Crippen MR) is 98.8 cm³/mol. The highest BCUT2D eigenvalue weighted by Gasteiger charge is 2.22. The number of amides is 1. The molecule has 2 rings (SSSR count). The van der Waals surface area contributed by atoms with Crippen molar-refractivity contribution in [1.29, 1.82) is 0 Å². The van der Waals surface area contributed by atoms with Crippen LogP contribution in [0, 0.1) is 0 Å². The highest BCUT2D eigenvalue weighted by molar-refractivity contribution is 7.88. The molecule has 140 valence electrons. The molecule has 8 heteroatoms. The quantitative estimate of drug-likeness (QED) is 0.759. The molecule has 2 N–H and O–H groups in total. The summed E-state index contributed by atoms with van der Waals surface area (Å²) in [5.41, 5.74) is 0.926. The Balaban J connectivity index is 2.01. The zero-order valence-corrected chi connectivity index (χ0v) is 16.0. The third-order valence-corrected chi connectivity index (χ3v) is 5.34. The summed E-state index contributed by atoms with van der Waals surface area (Å²) in [5, 5.41) is 2.79. The lowest BCUT2D eigenvalue weighted by Gasteiger charge is -2.33. The molecule has 1 heterocycles. The normalized spacial score (nSPS) is 17.1. The van der Waals surface area contributed by atoms with Gasteiger partial charge in [-0.25, -0.2) is 18.1 Å². The molecular weight excluding hydrogens is 340 g/mol. The van der Waals surface area contributed by atoms with Crippen molar-refractivity contribution >= 4 is 21.7 Å². The Bertz CT molecular complexity index is 687. The van der Waals surface area contributed by atoms with Crippen LogP contribution in [0.3, 0.4) is 0 Å². The van der Waals surface area contributed by atoms with Crippen molar-refractivity contribution in [2.75, 3.05) is 18.2 Å². The molecule has 1 fully saturated rings. The van der Waals surface area contributed by atoms with Gasteiger partial charge >= 0.3 is 0 Å². The summed E-state index contributed by atoms with van der Waals surface area (Å²) in [4.78, 5) is 18.8. The monoisotopic (exact) mass is 368 g/mol. The number of carbonyl (C=O) groups is 1. The number of hydrogen-bond donors (Lipinski definition) is 2. The Morgan fingerprint density at radius 3 is 2.68 bits per heavy atom. The summed E-state index contributed by atoms with van der Waals surface area (Å²) < 4.78 is 24.7. The van der Waals surface area contributed by atoms with E-state index in [1.807, 2.05) is 12.1 Å². The molecule has 1 unspecified atom stereocenters. The summed E-state index contributed by atoms with van der Waals surface area (Å²) in [7, 11) is -1.37. The van der Waals surface area contributed by atoms with E-state index in [2.05, 4.69) is 27.0 Å². The summed E-state index contributed by atoms with van der Waals surface area (Å²) in [6.07, 6.45) is 8.89. The van der Waals surface area contributed by atoms with Crippen LogP contribution in [0.1, 0.15) is 44.6 Å². The van der Waals surface area contributed by atoms with Gasteiger partial charge in [-0.2, -0.15) is 0 Å². The van der Waals surface area contributed by atoms with Crippen molar-refractivity contribution in [2.45, 2.75) is 57.7 Å². The molecule has 0 spiro atoms. The number of pyridine rings is 1. The maximum Gasteiger partial charge on any atom is 0.238 e. The molecule has 1 aliphatic rings. The maximum atomic E-state index is 12.1. The fourth-order valence-corrected chi connectivity index (χ4v) is 3.99. The maximum absolute atomic E-state index is 12.1. The Kier molecular flexibility index (Phi) is 6.78.